The quantitative estimate of drug-likeness (QED) is 0.763. The third-order valence-electron chi connectivity index (χ3n) is 4.08. The fourth-order valence-corrected chi connectivity index (χ4v) is 3.01. The molecule has 2 heterocycles. The maximum atomic E-state index is 12.3. The van der Waals surface area contributed by atoms with Crippen molar-refractivity contribution in [3.8, 4) is 0 Å². The summed E-state index contributed by atoms with van der Waals surface area (Å²) in [6.45, 7) is 1.31. The molecular formula is C17H18N4O4. The number of carboxylic acid groups (broad SMARTS) is 1. The van der Waals surface area contributed by atoms with Crippen molar-refractivity contribution in [2.75, 3.05) is 9.96 Å². The van der Waals surface area contributed by atoms with E-state index in [1.165, 1.54) is 30.5 Å². The van der Waals surface area contributed by atoms with Gasteiger partial charge in [-0.1, -0.05) is 18.2 Å². The lowest BCUT2D eigenvalue weighted by molar-refractivity contribution is -0.140. The molecule has 1 aliphatic heterocycles. The van der Waals surface area contributed by atoms with Crippen LogP contribution in [-0.2, 0) is 22.4 Å². The third kappa shape index (κ3) is 3.24. The number of H-pyrrole nitrogens is 1. The third-order valence-corrected chi connectivity index (χ3v) is 4.08. The molecule has 3 rings (SSSR count). The van der Waals surface area contributed by atoms with Crippen LogP contribution in [0, 0.1) is 0 Å². The second-order valence-corrected chi connectivity index (χ2v) is 5.74. The SMILES string of the molecule is CC(=O)N(c1cccc2c1N(O)C=CC2)[C@@H](Cc1cnc[nH]1)C(=O)O. The van der Waals surface area contributed by atoms with Crippen LogP contribution in [0.4, 0.5) is 11.4 Å². The molecule has 8 nitrogen and oxygen atoms in total. The number of hydrogen-bond acceptors (Lipinski definition) is 5. The van der Waals surface area contributed by atoms with Gasteiger partial charge in [0.05, 0.1) is 17.7 Å². The highest BCUT2D eigenvalue weighted by Gasteiger charge is 2.33. The Morgan fingerprint density at radius 2 is 2.24 bits per heavy atom. The van der Waals surface area contributed by atoms with E-state index in [0.29, 0.717) is 23.5 Å². The fourth-order valence-electron chi connectivity index (χ4n) is 3.01. The van der Waals surface area contributed by atoms with Crippen molar-refractivity contribution in [2.24, 2.45) is 0 Å². The largest absolute Gasteiger partial charge is 0.480 e. The van der Waals surface area contributed by atoms with Crippen LogP contribution in [0.2, 0.25) is 0 Å². The molecule has 0 unspecified atom stereocenters. The van der Waals surface area contributed by atoms with Crippen molar-refractivity contribution in [1.29, 1.82) is 0 Å². The highest BCUT2D eigenvalue weighted by Crippen LogP contribution is 2.36. The number of carbonyl (C=O) groups is 2. The summed E-state index contributed by atoms with van der Waals surface area (Å²) in [6.07, 6.45) is 6.90. The number of anilines is 2. The van der Waals surface area contributed by atoms with Crippen LogP contribution in [0.15, 0.2) is 43.0 Å². The van der Waals surface area contributed by atoms with Gasteiger partial charge in [-0.25, -0.2) is 14.8 Å². The summed E-state index contributed by atoms with van der Waals surface area (Å²) in [4.78, 5) is 32.1. The predicted octanol–water partition coefficient (Wildman–Crippen LogP) is 1.72. The molecule has 130 valence electrons. The van der Waals surface area contributed by atoms with E-state index in [2.05, 4.69) is 9.97 Å². The van der Waals surface area contributed by atoms with E-state index in [0.717, 1.165) is 10.6 Å². The lowest BCUT2D eigenvalue weighted by Crippen LogP contribution is -2.46. The van der Waals surface area contributed by atoms with E-state index in [9.17, 15) is 19.9 Å². The average molecular weight is 342 g/mol. The number of amides is 1. The number of hydroxylamine groups is 1. The second-order valence-electron chi connectivity index (χ2n) is 5.74. The van der Waals surface area contributed by atoms with Crippen molar-refractivity contribution in [3.05, 3.63) is 54.3 Å². The number of rotatable bonds is 5. The van der Waals surface area contributed by atoms with Crippen molar-refractivity contribution in [3.63, 3.8) is 0 Å². The van der Waals surface area contributed by atoms with Gasteiger partial charge in [0.15, 0.2) is 0 Å². The molecule has 0 bridgehead atoms. The normalized spacial score (nSPS) is 14.1. The number of fused-ring (bicyclic) bond motifs is 1. The molecule has 25 heavy (non-hydrogen) atoms. The van der Waals surface area contributed by atoms with Crippen LogP contribution in [0.3, 0.4) is 0 Å². The summed E-state index contributed by atoms with van der Waals surface area (Å²) in [5, 5.41) is 20.8. The Bertz CT molecular complexity index is 816. The summed E-state index contributed by atoms with van der Waals surface area (Å²) in [6, 6.07) is 4.07. The summed E-state index contributed by atoms with van der Waals surface area (Å²) >= 11 is 0. The number of para-hydroxylation sites is 1. The standard InChI is InChI=1S/C17H18N4O4/c1-11(22)21(15(17(23)24)8-13-9-18-10-19-13)14-6-2-4-12-5-3-7-20(25)16(12)14/h2-4,6-7,9-10,15,25H,5,8H2,1H3,(H,18,19)(H,23,24)/t15-/m0/s1. The minimum absolute atomic E-state index is 0.0693. The number of nitrogens with zero attached hydrogens (tertiary/aromatic N) is 3. The first-order chi connectivity index (χ1) is 12.0. The number of hydrogen-bond donors (Lipinski definition) is 3. The summed E-state index contributed by atoms with van der Waals surface area (Å²) in [5.74, 6) is -1.57. The van der Waals surface area contributed by atoms with Gasteiger partial charge in [-0.15, -0.1) is 0 Å². The maximum Gasteiger partial charge on any atom is 0.327 e. The number of aromatic nitrogens is 2. The van der Waals surface area contributed by atoms with Gasteiger partial charge in [0.1, 0.15) is 6.04 Å². The number of carboxylic acids is 1. The van der Waals surface area contributed by atoms with E-state index >= 15 is 0 Å². The lowest BCUT2D eigenvalue weighted by atomic mass is 10.0. The van der Waals surface area contributed by atoms with E-state index in [-0.39, 0.29) is 6.42 Å². The molecule has 1 aromatic heterocycles. The molecule has 0 fully saturated rings. The first-order valence-electron chi connectivity index (χ1n) is 7.75. The molecule has 1 amide bonds. The first-order valence-corrected chi connectivity index (χ1v) is 7.75. The molecule has 1 atom stereocenters. The minimum atomic E-state index is -1.14. The molecule has 0 radical (unpaired) electrons. The Kier molecular flexibility index (Phi) is 4.53. The molecule has 0 spiro atoms. The highest BCUT2D eigenvalue weighted by atomic mass is 16.5. The molecule has 0 saturated heterocycles. The van der Waals surface area contributed by atoms with Crippen molar-refractivity contribution in [1.82, 2.24) is 9.97 Å². The molecule has 1 aliphatic rings. The lowest BCUT2D eigenvalue weighted by Gasteiger charge is -2.32. The number of aliphatic carboxylic acids is 1. The Labute approximate surface area is 144 Å². The van der Waals surface area contributed by atoms with E-state index < -0.39 is 17.9 Å². The fraction of sp³-hybridized carbons (Fsp3) is 0.235. The number of allylic oxidation sites excluding steroid dienone is 1. The molecular weight excluding hydrogens is 324 g/mol. The topological polar surface area (TPSA) is 110 Å². The van der Waals surface area contributed by atoms with Gasteiger partial charge < -0.3 is 10.1 Å². The highest BCUT2D eigenvalue weighted by molar-refractivity contribution is 6.01. The minimum Gasteiger partial charge on any atom is -0.480 e. The molecule has 8 heteroatoms. The Balaban J connectivity index is 2.07. The Hall–Kier alpha value is -3.13. The molecule has 0 aliphatic carbocycles. The van der Waals surface area contributed by atoms with Gasteiger partial charge >= 0.3 is 5.97 Å². The molecule has 2 aromatic rings. The number of benzene rings is 1. The summed E-state index contributed by atoms with van der Waals surface area (Å²) < 4.78 is 0. The van der Waals surface area contributed by atoms with Gasteiger partial charge in [-0.2, -0.15) is 0 Å². The molecule has 1 aromatic carbocycles. The second kappa shape index (κ2) is 6.78. The molecule has 0 saturated carbocycles. The zero-order chi connectivity index (χ0) is 18.0. The van der Waals surface area contributed by atoms with Crippen LogP contribution < -0.4 is 9.96 Å². The zero-order valence-electron chi connectivity index (χ0n) is 13.6. The summed E-state index contributed by atoms with van der Waals surface area (Å²) in [5.41, 5.74) is 2.17. The van der Waals surface area contributed by atoms with Crippen LogP contribution in [0.1, 0.15) is 18.2 Å². The summed E-state index contributed by atoms with van der Waals surface area (Å²) in [7, 11) is 0. The van der Waals surface area contributed by atoms with Crippen LogP contribution >= 0.6 is 0 Å². The Morgan fingerprint density at radius 3 is 2.88 bits per heavy atom. The van der Waals surface area contributed by atoms with Crippen LogP contribution in [0.5, 0.6) is 0 Å². The van der Waals surface area contributed by atoms with Gasteiger partial charge in [-0.3, -0.25) is 14.9 Å². The average Bonchev–Trinajstić information content (AvgIpc) is 3.07. The maximum absolute atomic E-state index is 12.3. The van der Waals surface area contributed by atoms with Crippen LogP contribution in [-0.4, -0.2) is 38.2 Å². The monoisotopic (exact) mass is 342 g/mol. The van der Waals surface area contributed by atoms with Crippen molar-refractivity contribution >= 4 is 23.3 Å². The zero-order valence-corrected chi connectivity index (χ0v) is 13.6. The van der Waals surface area contributed by atoms with E-state index in [1.807, 2.05) is 6.07 Å². The first kappa shape index (κ1) is 16.7. The van der Waals surface area contributed by atoms with Gasteiger partial charge in [0, 0.05) is 31.4 Å². The number of carbonyl (C=O) groups excluding carboxylic acids is 1. The van der Waals surface area contributed by atoms with E-state index in [4.69, 9.17) is 0 Å². The number of aromatic amines is 1. The smallest absolute Gasteiger partial charge is 0.327 e. The van der Waals surface area contributed by atoms with Gasteiger partial charge in [-0.05, 0) is 18.1 Å². The van der Waals surface area contributed by atoms with Gasteiger partial charge in [0.2, 0.25) is 5.91 Å². The van der Waals surface area contributed by atoms with Crippen LogP contribution in [0.25, 0.3) is 0 Å². The van der Waals surface area contributed by atoms with Crippen molar-refractivity contribution in [2.45, 2.75) is 25.8 Å². The van der Waals surface area contributed by atoms with E-state index in [1.54, 1.807) is 18.2 Å². The molecule has 3 N–H and O–H groups in total. The number of nitrogens with one attached hydrogen (secondary N) is 1. The van der Waals surface area contributed by atoms with Gasteiger partial charge in [0.25, 0.3) is 0 Å². The van der Waals surface area contributed by atoms with Crippen molar-refractivity contribution < 1.29 is 19.9 Å². The predicted molar refractivity (Wildman–Crippen MR) is 90.4 cm³/mol. The Morgan fingerprint density at radius 1 is 1.44 bits per heavy atom. The number of imidazole rings is 1.